The molecule has 1 amide bonds. The number of amides is 1. The Morgan fingerprint density at radius 2 is 2.00 bits per heavy atom. The molecule has 1 aromatic heterocycles. The minimum atomic E-state index is 0.195. The normalized spacial score (nSPS) is 18.9. The summed E-state index contributed by atoms with van der Waals surface area (Å²) in [6, 6.07) is 1.95. The van der Waals surface area contributed by atoms with Gasteiger partial charge in [0.05, 0.1) is 13.2 Å². The van der Waals surface area contributed by atoms with Crippen molar-refractivity contribution < 1.29 is 9.53 Å². The third kappa shape index (κ3) is 4.54. The Kier molecular flexibility index (Phi) is 5.63. The third-order valence-electron chi connectivity index (χ3n) is 4.44. The van der Waals surface area contributed by atoms with E-state index in [2.05, 4.69) is 25.5 Å². The van der Waals surface area contributed by atoms with Crippen LogP contribution in [0.25, 0.3) is 0 Å². The quantitative estimate of drug-likeness (QED) is 0.763. The Balaban J connectivity index is 1.42. The molecular weight excluding hydrogens is 294 g/mol. The first-order chi connectivity index (χ1) is 11.3. The van der Waals surface area contributed by atoms with Crippen LogP contribution >= 0.6 is 0 Å². The van der Waals surface area contributed by atoms with E-state index < -0.39 is 0 Å². The van der Waals surface area contributed by atoms with E-state index in [1.165, 1.54) is 12.8 Å². The van der Waals surface area contributed by atoms with Crippen LogP contribution in [0.3, 0.4) is 0 Å². The van der Waals surface area contributed by atoms with Gasteiger partial charge in [0.1, 0.15) is 18.0 Å². The minimum absolute atomic E-state index is 0.195. The summed E-state index contributed by atoms with van der Waals surface area (Å²) in [6.07, 6.45) is 6.01. The Hall–Kier alpha value is -1.89. The maximum atomic E-state index is 11.9. The number of morpholine rings is 1. The van der Waals surface area contributed by atoms with E-state index >= 15 is 0 Å². The lowest BCUT2D eigenvalue weighted by Crippen LogP contribution is -2.36. The smallest absolute Gasteiger partial charge is 0.223 e. The summed E-state index contributed by atoms with van der Waals surface area (Å²) in [5.74, 6) is 2.13. The predicted octanol–water partition coefficient (Wildman–Crippen LogP) is 1.03. The number of anilines is 2. The van der Waals surface area contributed by atoms with Crippen molar-refractivity contribution in [1.29, 1.82) is 0 Å². The zero-order chi connectivity index (χ0) is 15.9. The monoisotopic (exact) mass is 319 g/mol. The fourth-order valence-electron chi connectivity index (χ4n) is 3.12. The second-order valence-electron chi connectivity index (χ2n) is 6.06. The first kappa shape index (κ1) is 16.0. The standard InChI is InChI=1S/C16H25N5O2/c22-16(13-3-1-2-4-13)18-6-5-17-14-11-15(20-12-19-14)21-7-9-23-10-8-21/h11-13H,1-10H2,(H,18,22)(H,17,19,20). The van der Waals surface area contributed by atoms with Crippen molar-refractivity contribution in [2.24, 2.45) is 5.92 Å². The van der Waals surface area contributed by atoms with Crippen molar-refractivity contribution in [1.82, 2.24) is 15.3 Å². The number of carbonyl (C=O) groups is 1. The fraction of sp³-hybridized carbons (Fsp3) is 0.688. The number of carbonyl (C=O) groups excluding carboxylic acids is 1. The number of aromatic nitrogens is 2. The maximum Gasteiger partial charge on any atom is 0.223 e. The first-order valence-corrected chi connectivity index (χ1v) is 8.49. The zero-order valence-corrected chi connectivity index (χ0v) is 13.5. The molecule has 2 heterocycles. The number of hydrogen-bond acceptors (Lipinski definition) is 6. The van der Waals surface area contributed by atoms with E-state index in [1.54, 1.807) is 6.33 Å². The molecule has 2 aliphatic rings. The maximum absolute atomic E-state index is 11.9. The van der Waals surface area contributed by atoms with Crippen molar-refractivity contribution in [3.05, 3.63) is 12.4 Å². The molecule has 23 heavy (non-hydrogen) atoms. The van der Waals surface area contributed by atoms with Gasteiger partial charge in [-0.2, -0.15) is 0 Å². The number of hydrogen-bond donors (Lipinski definition) is 2. The Bertz CT molecular complexity index is 513. The van der Waals surface area contributed by atoms with Crippen LogP contribution in [-0.2, 0) is 9.53 Å². The number of nitrogens with zero attached hydrogens (tertiary/aromatic N) is 3. The van der Waals surface area contributed by atoms with Gasteiger partial charge in [-0.3, -0.25) is 4.79 Å². The summed E-state index contributed by atoms with van der Waals surface area (Å²) < 4.78 is 5.35. The van der Waals surface area contributed by atoms with Gasteiger partial charge in [0.2, 0.25) is 5.91 Å². The molecule has 0 aromatic carbocycles. The molecule has 0 spiro atoms. The molecule has 2 fully saturated rings. The number of ether oxygens (including phenoxy) is 1. The third-order valence-corrected chi connectivity index (χ3v) is 4.44. The number of nitrogens with one attached hydrogen (secondary N) is 2. The van der Waals surface area contributed by atoms with Crippen LogP contribution in [0.15, 0.2) is 12.4 Å². The summed E-state index contributed by atoms with van der Waals surface area (Å²) in [5, 5.41) is 6.25. The van der Waals surface area contributed by atoms with Gasteiger partial charge in [0.15, 0.2) is 0 Å². The second-order valence-corrected chi connectivity index (χ2v) is 6.06. The van der Waals surface area contributed by atoms with Crippen LogP contribution < -0.4 is 15.5 Å². The van der Waals surface area contributed by atoms with Crippen LogP contribution in [0.4, 0.5) is 11.6 Å². The average Bonchev–Trinajstić information content (AvgIpc) is 3.14. The van der Waals surface area contributed by atoms with Crippen LogP contribution in [0.5, 0.6) is 0 Å². The highest BCUT2D eigenvalue weighted by Gasteiger charge is 2.21. The molecule has 7 heteroatoms. The van der Waals surface area contributed by atoms with Crippen molar-refractivity contribution in [2.75, 3.05) is 49.6 Å². The van der Waals surface area contributed by atoms with Gasteiger partial charge in [-0.25, -0.2) is 9.97 Å². The molecule has 1 aliphatic carbocycles. The molecule has 0 atom stereocenters. The molecule has 1 saturated heterocycles. The lowest BCUT2D eigenvalue weighted by atomic mass is 10.1. The summed E-state index contributed by atoms with van der Waals surface area (Å²) in [6.45, 7) is 4.46. The Morgan fingerprint density at radius 3 is 2.78 bits per heavy atom. The second kappa shape index (κ2) is 8.10. The van der Waals surface area contributed by atoms with E-state index in [0.717, 1.165) is 50.8 Å². The molecule has 1 aliphatic heterocycles. The van der Waals surface area contributed by atoms with Crippen LogP contribution in [0, 0.1) is 5.92 Å². The topological polar surface area (TPSA) is 79.4 Å². The molecule has 2 N–H and O–H groups in total. The molecule has 3 rings (SSSR count). The SMILES string of the molecule is O=C(NCCNc1cc(N2CCOCC2)ncn1)C1CCCC1. The number of rotatable bonds is 6. The van der Waals surface area contributed by atoms with Crippen molar-refractivity contribution >= 4 is 17.5 Å². The van der Waals surface area contributed by atoms with Gasteiger partial charge < -0.3 is 20.3 Å². The lowest BCUT2D eigenvalue weighted by molar-refractivity contribution is -0.124. The highest BCUT2D eigenvalue weighted by Crippen LogP contribution is 2.24. The average molecular weight is 319 g/mol. The summed E-state index contributed by atoms with van der Waals surface area (Å²) in [5.41, 5.74) is 0. The largest absolute Gasteiger partial charge is 0.378 e. The van der Waals surface area contributed by atoms with E-state index in [1.807, 2.05) is 6.07 Å². The first-order valence-electron chi connectivity index (χ1n) is 8.49. The highest BCUT2D eigenvalue weighted by atomic mass is 16.5. The van der Waals surface area contributed by atoms with Gasteiger partial charge in [-0.15, -0.1) is 0 Å². The molecule has 0 radical (unpaired) electrons. The van der Waals surface area contributed by atoms with Crippen LogP contribution in [-0.4, -0.2) is 55.3 Å². The van der Waals surface area contributed by atoms with Gasteiger partial charge >= 0.3 is 0 Å². The Labute approximate surface area is 136 Å². The van der Waals surface area contributed by atoms with Crippen molar-refractivity contribution in [3.8, 4) is 0 Å². The summed E-state index contributed by atoms with van der Waals surface area (Å²) >= 11 is 0. The summed E-state index contributed by atoms with van der Waals surface area (Å²) in [7, 11) is 0. The Morgan fingerprint density at radius 1 is 1.22 bits per heavy atom. The zero-order valence-electron chi connectivity index (χ0n) is 13.5. The van der Waals surface area contributed by atoms with Gasteiger partial charge in [0.25, 0.3) is 0 Å². The summed E-state index contributed by atoms with van der Waals surface area (Å²) in [4.78, 5) is 22.7. The van der Waals surface area contributed by atoms with Gasteiger partial charge in [-0.1, -0.05) is 12.8 Å². The molecular formula is C16H25N5O2. The van der Waals surface area contributed by atoms with E-state index in [0.29, 0.717) is 13.1 Å². The van der Waals surface area contributed by atoms with Crippen molar-refractivity contribution in [2.45, 2.75) is 25.7 Å². The molecule has 126 valence electrons. The van der Waals surface area contributed by atoms with Crippen molar-refractivity contribution in [3.63, 3.8) is 0 Å². The lowest BCUT2D eigenvalue weighted by Gasteiger charge is -2.27. The minimum Gasteiger partial charge on any atom is -0.378 e. The fourth-order valence-corrected chi connectivity index (χ4v) is 3.12. The van der Waals surface area contributed by atoms with E-state index in [9.17, 15) is 4.79 Å². The van der Waals surface area contributed by atoms with Crippen LogP contribution in [0.1, 0.15) is 25.7 Å². The molecule has 0 bridgehead atoms. The molecule has 1 saturated carbocycles. The van der Waals surface area contributed by atoms with Crippen LogP contribution in [0.2, 0.25) is 0 Å². The molecule has 1 aromatic rings. The molecule has 0 unspecified atom stereocenters. The molecule has 7 nitrogen and oxygen atoms in total. The predicted molar refractivity (Wildman–Crippen MR) is 88.5 cm³/mol. The van der Waals surface area contributed by atoms with Gasteiger partial charge in [0, 0.05) is 38.2 Å². The van der Waals surface area contributed by atoms with E-state index in [4.69, 9.17) is 4.74 Å². The van der Waals surface area contributed by atoms with E-state index in [-0.39, 0.29) is 11.8 Å². The van der Waals surface area contributed by atoms with Gasteiger partial charge in [-0.05, 0) is 12.8 Å². The highest BCUT2D eigenvalue weighted by molar-refractivity contribution is 5.78.